The lowest BCUT2D eigenvalue weighted by Crippen LogP contribution is -2.29. The van der Waals surface area contributed by atoms with Crippen LogP contribution in [0.5, 0.6) is 0 Å². The van der Waals surface area contributed by atoms with E-state index in [-0.39, 0.29) is 19.4 Å². The van der Waals surface area contributed by atoms with E-state index < -0.39 is 32.5 Å². The summed E-state index contributed by atoms with van der Waals surface area (Å²) in [5, 5.41) is 0. The predicted octanol–water partition coefficient (Wildman–Crippen LogP) is 9.49. The Kier molecular flexibility index (Phi) is 28.7. The average Bonchev–Trinajstić information content (AvgIpc) is 2.99. The van der Waals surface area contributed by atoms with Crippen LogP contribution in [0.1, 0.15) is 129 Å². The van der Waals surface area contributed by atoms with Crippen molar-refractivity contribution in [2.45, 2.75) is 136 Å². The van der Waals surface area contributed by atoms with Gasteiger partial charge in [0.2, 0.25) is 0 Å². The summed E-state index contributed by atoms with van der Waals surface area (Å²) in [5.74, 6) is -0.904. The van der Waals surface area contributed by atoms with Crippen LogP contribution in [0.4, 0.5) is 0 Å². The lowest BCUT2D eigenvalue weighted by molar-refractivity contribution is -0.161. The van der Waals surface area contributed by atoms with E-state index in [1.54, 1.807) is 0 Å². The number of hydrogen-bond donors (Lipinski definition) is 1. The van der Waals surface area contributed by atoms with E-state index >= 15 is 0 Å². The molecule has 0 aromatic carbocycles. The number of unbranched alkanes of at least 4 members (excludes halogenated alkanes) is 10. The molecule has 8 nitrogen and oxygen atoms in total. The number of phosphoric ester groups is 1. The summed E-state index contributed by atoms with van der Waals surface area (Å²) < 4.78 is 31.6. The Balaban J connectivity index is 4.27. The van der Waals surface area contributed by atoms with Crippen molar-refractivity contribution < 1.29 is 37.6 Å². The molecule has 0 saturated carbocycles. The largest absolute Gasteiger partial charge is 0.472 e. The molecule has 0 radical (unpaired) electrons. The van der Waals surface area contributed by atoms with Gasteiger partial charge in [-0.15, -0.1) is 0 Å². The minimum atomic E-state index is -4.27. The molecule has 9 heteroatoms. The summed E-state index contributed by atoms with van der Waals surface area (Å²) in [4.78, 5) is 34.1. The minimum Gasteiger partial charge on any atom is -0.462 e. The van der Waals surface area contributed by atoms with Crippen molar-refractivity contribution in [3.63, 3.8) is 0 Å². The Morgan fingerprint density at radius 2 is 1.19 bits per heavy atom. The third kappa shape index (κ3) is 29.8. The van der Waals surface area contributed by atoms with Gasteiger partial charge in [0.25, 0.3) is 0 Å². The van der Waals surface area contributed by atoms with Gasteiger partial charge in [0.05, 0.1) is 6.61 Å². The fraction of sp³-hybridized carbons (Fsp3) is 0.706. The van der Waals surface area contributed by atoms with E-state index in [0.717, 1.165) is 52.1 Å². The number of rotatable bonds is 29. The number of allylic oxidation sites excluding steroid dienone is 8. The molecule has 43 heavy (non-hydrogen) atoms. The van der Waals surface area contributed by atoms with Crippen LogP contribution < -0.4 is 0 Å². The van der Waals surface area contributed by atoms with Crippen LogP contribution in [-0.4, -0.2) is 43.3 Å². The molecule has 0 fully saturated rings. The molecule has 0 bridgehead atoms. The second-order valence-electron chi connectivity index (χ2n) is 10.6. The summed E-state index contributed by atoms with van der Waals surface area (Å²) in [6.07, 6.45) is 33.3. The summed E-state index contributed by atoms with van der Waals surface area (Å²) in [6, 6.07) is 0. The van der Waals surface area contributed by atoms with Crippen LogP contribution in [0.2, 0.25) is 0 Å². The second kappa shape index (κ2) is 30.1. The summed E-state index contributed by atoms with van der Waals surface area (Å²) in [5.41, 5.74) is 0. The molecule has 0 heterocycles. The van der Waals surface area contributed by atoms with Crippen molar-refractivity contribution in [2.75, 3.05) is 20.3 Å². The zero-order valence-corrected chi connectivity index (χ0v) is 28.0. The average molecular weight is 627 g/mol. The highest BCUT2D eigenvalue weighted by Gasteiger charge is 2.24. The van der Waals surface area contributed by atoms with Crippen LogP contribution in [0.25, 0.3) is 0 Å². The molecular weight excluding hydrogens is 567 g/mol. The van der Waals surface area contributed by atoms with E-state index in [1.165, 1.54) is 51.4 Å². The molecule has 0 aliphatic carbocycles. The van der Waals surface area contributed by atoms with Crippen LogP contribution in [0.3, 0.4) is 0 Å². The lowest BCUT2D eigenvalue weighted by Gasteiger charge is -2.19. The molecule has 0 spiro atoms. The van der Waals surface area contributed by atoms with E-state index in [9.17, 15) is 19.0 Å². The van der Waals surface area contributed by atoms with Gasteiger partial charge in [0.15, 0.2) is 6.10 Å². The second-order valence-corrected chi connectivity index (χ2v) is 12.1. The third-order valence-electron chi connectivity index (χ3n) is 6.60. The van der Waals surface area contributed by atoms with Gasteiger partial charge in [-0.1, -0.05) is 127 Å². The highest BCUT2D eigenvalue weighted by atomic mass is 31.2. The Hall–Kier alpha value is -1.99. The van der Waals surface area contributed by atoms with Crippen molar-refractivity contribution in [2.24, 2.45) is 0 Å². The first-order valence-corrected chi connectivity index (χ1v) is 17.8. The number of hydrogen-bond acceptors (Lipinski definition) is 7. The maximum Gasteiger partial charge on any atom is 0.472 e. The maximum absolute atomic E-state index is 12.3. The van der Waals surface area contributed by atoms with E-state index in [2.05, 4.69) is 54.8 Å². The summed E-state index contributed by atoms with van der Waals surface area (Å²) in [6.45, 7) is 3.66. The number of esters is 2. The summed E-state index contributed by atoms with van der Waals surface area (Å²) >= 11 is 0. The van der Waals surface area contributed by atoms with Crippen molar-refractivity contribution in [3.05, 3.63) is 48.6 Å². The molecule has 0 aliphatic rings. The zero-order valence-electron chi connectivity index (χ0n) is 27.1. The standard InChI is InChI=1S/C34H59O8P/c1-4-6-8-10-12-14-16-17-19-21-23-25-27-29-34(36)42-32(31-41-43(37,38)39-3)30-40-33(35)28-26-24-22-20-18-15-13-11-9-7-5-2/h6,8,12,14,17,19,23,25,32H,4-5,7,9-11,13,15-16,18,20-22,24,26-31H2,1-3H3,(H,37,38)/b8-6-,14-12-,19-17-,25-23-. The number of carbonyl (C=O) groups excluding carboxylic acids is 2. The fourth-order valence-electron chi connectivity index (χ4n) is 4.08. The Morgan fingerprint density at radius 3 is 1.72 bits per heavy atom. The smallest absolute Gasteiger partial charge is 0.462 e. The molecule has 248 valence electrons. The molecule has 0 amide bonds. The Bertz CT molecular complexity index is 849. The molecule has 0 aromatic heterocycles. The minimum absolute atomic E-state index is 0.123. The van der Waals surface area contributed by atoms with E-state index in [0.29, 0.717) is 6.42 Å². The SMILES string of the molecule is CC/C=C\C/C=C\C/C=C\C/C=C\CCC(=O)OC(COC(=O)CCCCCCCCCCCCC)COP(=O)(O)OC. The van der Waals surface area contributed by atoms with E-state index in [1.807, 2.05) is 12.2 Å². The van der Waals surface area contributed by atoms with Gasteiger partial charge >= 0.3 is 19.8 Å². The summed E-state index contributed by atoms with van der Waals surface area (Å²) in [7, 11) is -3.23. The van der Waals surface area contributed by atoms with Gasteiger partial charge in [0.1, 0.15) is 6.61 Å². The maximum atomic E-state index is 12.3. The number of ether oxygens (including phenoxy) is 2. The molecule has 0 aromatic rings. The van der Waals surface area contributed by atoms with E-state index in [4.69, 9.17) is 14.0 Å². The van der Waals surface area contributed by atoms with Gasteiger partial charge in [0, 0.05) is 20.0 Å². The molecule has 0 saturated heterocycles. The van der Waals surface area contributed by atoms with Crippen molar-refractivity contribution in [1.82, 2.24) is 0 Å². The van der Waals surface area contributed by atoms with Crippen LogP contribution in [-0.2, 0) is 32.7 Å². The van der Waals surface area contributed by atoms with Gasteiger partial charge in [-0.25, -0.2) is 4.57 Å². The molecular formula is C34H59O8P. The van der Waals surface area contributed by atoms with Crippen LogP contribution in [0, 0.1) is 0 Å². The normalized spacial score (nSPS) is 14.2. The van der Waals surface area contributed by atoms with Crippen LogP contribution >= 0.6 is 7.82 Å². The quantitative estimate of drug-likeness (QED) is 0.0378. The monoisotopic (exact) mass is 626 g/mol. The number of carbonyl (C=O) groups is 2. The fourth-order valence-corrected chi connectivity index (χ4v) is 4.54. The van der Waals surface area contributed by atoms with Gasteiger partial charge < -0.3 is 14.4 Å². The number of phosphoric acid groups is 1. The molecule has 1 N–H and O–H groups in total. The first kappa shape index (κ1) is 41.0. The van der Waals surface area contributed by atoms with Gasteiger partial charge in [-0.05, 0) is 38.5 Å². The molecule has 0 rings (SSSR count). The van der Waals surface area contributed by atoms with Crippen molar-refractivity contribution in [1.29, 1.82) is 0 Å². The van der Waals surface area contributed by atoms with Crippen LogP contribution in [0.15, 0.2) is 48.6 Å². The first-order valence-electron chi connectivity index (χ1n) is 16.3. The Labute approximate surface area is 261 Å². The highest BCUT2D eigenvalue weighted by Crippen LogP contribution is 2.42. The topological polar surface area (TPSA) is 108 Å². The molecule has 2 unspecified atom stereocenters. The highest BCUT2D eigenvalue weighted by molar-refractivity contribution is 7.47. The van der Waals surface area contributed by atoms with Gasteiger partial charge in [-0.2, -0.15) is 0 Å². The predicted molar refractivity (Wildman–Crippen MR) is 175 cm³/mol. The van der Waals surface area contributed by atoms with Crippen molar-refractivity contribution in [3.8, 4) is 0 Å². The Morgan fingerprint density at radius 1 is 0.674 bits per heavy atom. The first-order chi connectivity index (χ1) is 20.8. The van der Waals surface area contributed by atoms with Gasteiger partial charge in [-0.3, -0.25) is 18.6 Å². The lowest BCUT2D eigenvalue weighted by atomic mass is 10.1. The molecule has 2 atom stereocenters. The van der Waals surface area contributed by atoms with Crippen molar-refractivity contribution >= 4 is 19.8 Å². The third-order valence-corrected chi connectivity index (χ3v) is 7.54. The zero-order chi connectivity index (χ0) is 31.9. The molecule has 0 aliphatic heterocycles.